The third kappa shape index (κ3) is 6.34. The smallest absolute Gasteiger partial charge is 0.408 e. The van der Waals surface area contributed by atoms with Gasteiger partial charge in [-0.1, -0.05) is 57.9 Å². The number of Topliss-reactive ketones (excluding diaryl/α,β-unsaturated/α-hetero) is 1. The number of fused-ring (bicyclic) bond motifs is 2. The maximum Gasteiger partial charge on any atom is 0.408 e. The minimum atomic E-state index is -0.947. The summed E-state index contributed by atoms with van der Waals surface area (Å²) >= 11 is 0. The standard InChI is InChI=1S/C35H48N4O6/c1-19-8-7-11-26(19)45-34(44)38-28(23-16-21-9-5-6-10-22(21)17-23)33(43)39-18-24-27(35(24,2)3)29(39)31(41)37-25(15-14-20-12-13-20)30(40)32(42)36-4/h5-6,9-10,19-20,23-29H,7-8,11-18H2,1-4H3,(H,36,42)(H,37,41)(H,38,44)/t19-,24?,25?,26-,27?,28-,29?/m0/s1. The van der Waals surface area contributed by atoms with Crippen LogP contribution in [-0.4, -0.2) is 72.3 Å². The van der Waals surface area contributed by atoms with Crippen molar-refractivity contribution in [2.24, 2.45) is 35.0 Å². The molecule has 0 aromatic heterocycles. The minimum absolute atomic E-state index is 0.0756. The first kappa shape index (κ1) is 31.5. The van der Waals surface area contributed by atoms with E-state index in [2.05, 4.69) is 48.9 Å². The molecule has 10 heteroatoms. The van der Waals surface area contributed by atoms with Crippen LogP contribution in [0.1, 0.15) is 76.8 Å². The van der Waals surface area contributed by atoms with Gasteiger partial charge in [0.05, 0.1) is 6.04 Å². The number of alkyl carbamates (subject to hydrolysis) is 1. The molecule has 3 saturated carbocycles. The first-order chi connectivity index (χ1) is 21.5. The summed E-state index contributed by atoms with van der Waals surface area (Å²) in [6.07, 6.45) is 6.67. The SMILES string of the molecule is CNC(=O)C(=O)C(CCC1CC1)NC(=O)C1C2C(CN1C(=O)[C@@H](NC(=O)O[C@H]1CCC[C@@H]1C)C1Cc3ccccc3C1)C2(C)C. The van der Waals surface area contributed by atoms with Crippen molar-refractivity contribution < 1.29 is 28.7 Å². The van der Waals surface area contributed by atoms with Gasteiger partial charge in [-0.3, -0.25) is 19.2 Å². The van der Waals surface area contributed by atoms with Crippen LogP contribution in [0.2, 0.25) is 0 Å². The van der Waals surface area contributed by atoms with Crippen molar-refractivity contribution in [1.82, 2.24) is 20.9 Å². The number of amides is 4. The van der Waals surface area contributed by atoms with E-state index in [1.165, 1.54) is 7.05 Å². The molecule has 0 radical (unpaired) electrons. The quantitative estimate of drug-likeness (QED) is 0.326. The van der Waals surface area contributed by atoms with Crippen LogP contribution in [0.5, 0.6) is 0 Å². The van der Waals surface area contributed by atoms with Crippen LogP contribution in [0, 0.1) is 35.0 Å². The second kappa shape index (κ2) is 12.4. The van der Waals surface area contributed by atoms with Gasteiger partial charge >= 0.3 is 6.09 Å². The van der Waals surface area contributed by atoms with E-state index in [0.29, 0.717) is 31.7 Å². The average molecular weight is 621 g/mol. The summed E-state index contributed by atoms with van der Waals surface area (Å²) in [6.45, 7) is 6.69. The number of likely N-dealkylation sites (N-methyl/N-ethyl adjacent to an activating group) is 1. The molecule has 1 aromatic rings. The zero-order valence-corrected chi connectivity index (χ0v) is 27.0. The largest absolute Gasteiger partial charge is 0.446 e. The molecular weight excluding hydrogens is 572 g/mol. The molecule has 45 heavy (non-hydrogen) atoms. The molecule has 0 spiro atoms. The molecule has 10 nitrogen and oxygen atoms in total. The van der Waals surface area contributed by atoms with Gasteiger partial charge in [0.15, 0.2) is 0 Å². The highest BCUT2D eigenvalue weighted by molar-refractivity contribution is 6.38. The minimum Gasteiger partial charge on any atom is -0.446 e. The van der Waals surface area contributed by atoms with Crippen LogP contribution < -0.4 is 16.0 Å². The van der Waals surface area contributed by atoms with Crippen LogP contribution in [0.15, 0.2) is 24.3 Å². The number of carbonyl (C=O) groups is 5. The predicted molar refractivity (Wildman–Crippen MR) is 167 cm³/mol. The van der Waals surface area contributed by atoms with Crippen molar-refractivity contribution in [2.45, 2.75) is 103 Å². The highest BCUT2D eigenvalue weighted by Crippen LogP contribution is 2.65. The number of benzene rings is 1. The Labute approximate surface area is 265 Å². The van der Waals surface area contributed by atoms with Crippen molar-refractivity contribution in [2.75, 3.05) is 13.6 Å². The summed E-state index contributed by atoms with van der Waals surface area (Å²) in [7, 11) is 1.40. The van der Waals surface area contributed by atoms with E-state index in [1.54, 1.807) is 4.90 Å². The second-order valence-corrected chi connectivity index (χ2v) is 14.8. The van der Waals surface area contributed by atoms with E-state index < -0.39 is 41.8 Å². The van der Waals surface area contributed by atoms with E-state index in [9.17, 15) is 24.0 Å². The van der Waals surface area contributed by atoms with Crippen LogP contribution >= 0.6 is 0 Å². The van der Waals surface area contributed by atoms with Gasteiger partial charge in [-0.2, -0.15) is 0 Å². The fraction of sp³-hybridized carbons (Fsp3) is 0.686. The third-order valence-corrected chi connectivity index (χ3v) is 11.5. The number of hydrogen-bond acceptors (Lipinski definition) is 6. The van der Waals surface area contributed by atoms with Crippen molar-refractivity contribution in [3.63, 3.8) is 0 Å². The molecule has 6 rings (SSSR count). The monoisotopic (exact) mass is 620 g/mol. The number of ketones is 1. The number of nitrogens with zero attached hydrogens (tertiary/aromatic N) is 1. The fourth-order valence-electron chi connectivity index (χ4n) is 8.40. The Hall–Kier alpha value is -3.43. The van der Waals surface area contributed by atoms with Gasteiger partial charge in [-0.15, -0.1) is 0 Å². The summed E-state index contributed by atoms with van der Waals surface area (Å²) in [6, 6.07) is 5.48. The van der Waals surface area contributed by atoms with Crippen molar-refractivity contribution in [1.29, 1.82) is 0 Å². The molecule has 1 aliphatic heterocycles. The van der Waals surface area contributed by atoms with Gasteiger partial charge in [0.1, 0.15) is 18.2 Å². The maximum absolute atomic E-state index is 14.6. The van der Waals surface area contributed by atoms with Crippen molar-refractivity contribution in [3.8, 4) is 0 Å². The summed E-state index contributed by atoms with van der Waals surface area (Å²) in [5.74, 6) is -1.44. The van der Waals surface area contributed by atoms with Crippen molar-refractivity contribution in [3.05, 3.63) is 35.4 Å². The van der Waals surface area contributed by atoms with E-state index in [4.69, 9.17) is 4.74 Å². The summed E-state index contributed by atoms with van der Waals surface area (Å²) in [4.78, 5) is 68.9. The number of rotatable bonds is 11. The first-order valence-corrected chi connectivity index (χ1v) is 16.9. The predicted octanol–water partition coefficient (Wildman–Crippen LogP) is 3.16. The topological polar surface area (TPSA) is 134 Å². The van der Waals surface area contributed by atoms with Gasteiger partial charge in [0.25, 0.3) is 5.91 Å². The van der Waals surface area contributed by atoms with Gasteiger partial charge in [0, 0.05) is 13.6 Å². The zero-order chi connectivity index (χ0) is 32.0. The molecule has 1 saturated heterocycles. The molecule has 4 amide bonds. The summed E-state index contributed by atoms with van der Waals surface area (Å²) < 4.78 is 5.83. The fourth-order valence-corrected chi connectivity index (χ4v) is 8.40. The lowest BCUT2D eigenvalue weighted by molar-refractivity contribution is -0.144. The van der Waals surface area contributed by atoms with Gasteiger partial charge in [-0.25, -0.2) is 4.79 Å². The van der Waals surface area contributed by atoms with Gasteiger partial charge in [-0.05, 0) is 91.1 Å². The second-order valence-electron chi connectivity index (χ2n) is 14.8. The molecule has 1 heterocycles. The first-order valence-electron chi connectivity index (χ1n) is 16.9. The molecule has 4 aliphatic carbocycles. The Morgan fingerprint density at radius 1 is 1.00 bits per heavy atom. The number of ether oxygens (including phenoxy) is 1. The lowest BCUT2D eigenvalue weighted by Gasteiger charge is -2.35. The van der Waals surface area contributed by atoms with Crippen molar-refractivity contribution >= 4 is 29.6 Å². The molecule has 4 fully saturated rings. The van der Waals surface area contributed by atoms with E-state index >= 15 is 0 Å². The normalized spacial score (nSPS) is 29.2. The Kier molecular flexibility index (Phi) is 8.69. The van der Waals surface area contributed by atoms with E-state index in [1.807, 2.05) is 12.1 Å². The van der Waals surface area contributed by atoms with Crippen LogP contribution in [0.3, 0.4) is 0 Å². The Morgan fingerprint density at radius 2 is 1.69 bits per heavy atom. The van der Waals surface area contributed by atoms with Gasteiger partial charge in [0.2, 0.25) is 17.6 Å². The number of likely N-dealkylation sites (tertiary alicyclic amines) is 1. The number of piperidine rings is 1. The molecule has 3 N–H and O–H groups in total. The highest BCUT2D eigenvalue weighted by atomic mass is 16.6. The molecule has 1 aromatic carbocycles. The Balaban J connectivity index is 1.23. The number of nitrogens with one attached hydrogen (secondary N) is 3. The van der Waals surface area contributed by atoms with Gasteiger partial charge < -0.3 is 25.6 Å². The average Bonchev–Trinajstić information content (AvgIpc) is 3.67. The summed E-state index contributed by atoms with van der Waals surface area (Å²) in [5.41, 5.74) is 2.17. The lowest BCUT2D eigenvalue weighted by Crippen LogP contribution is -2.59. The third-order valence-electron chi connectivity index (χ3n) is 11.5. The molecule has 7 atom stereocenters. The number of carbonyl (C=O) groups excluding carboxylic acids is 5. The van der Waals surface area contributed by atoms with E-state index in [0.717, 1.165) is 49.7 Å². The Morgan fingerprint density at radius 3 is 2.29 bits per heavy atom. The zero-order valence-electron chi connectivity index (χ0n) is 27.0. The van der Waals surface area contributed by atoms with Crippen LogP contribution in [0.25, 0.3) is 0 Å². The molecule has 4 unspecified atom stereocenters. The summed E-state index contributed by atoms with van der Waals surface area (Å²) in [5, 5.41) is 8.25. The lowest BCUT2D eigenvalue weighted by atomic mass is 9.93. The van der Waals surface area contributed by atoms with Crippen LogP contribution in [-0.2, 0) is 36.8 Å². The molecule has 244 valence electrons. The molecule has 5 aliphatic rings. The molecular formula is C35H48N4O6. The van der Waals surface area contributed by atoms with Crippen LogP contribution in [0.4, 0.5) is 4.79 Å². The molecule has 0 bridgehead atoms. The number of hydrogen-bond donors (Lipinski definition) is 3. The van der Waals surface area contributed by atoms with E-state index in [-0.39, 0.29) is 41.1 Å². The maximum atomic E-state index is 14.6. The highest BCUT2D eigenvalue weighted by Gasteiger charge is 2.70. The Bertz CT molecular complexity index is 1330.